The fourth-order valence-electron chi connectivity index (χ4n) is 1.79. The number of nitrogens with one attached hydrogen (secondary N) is 1. The van der Waals surface area contributed by atoms with E-state index in [1.54, 1.807) is 7.05 Å². The number of sulfonamides is 1. The summed E-state index contributed by atoms with van der Waals surface area (Å²) in [6.07, 6.45) is 0.666. The van der Waals surface area contributed by atoms with Gasteiger partial charge in [0.25, 0.3) is 10.0 Å². The molecule has 0 aliphatic carbocycles. The van der Waals surface area contributed by atoms with E-state index in [4.69, 9.17) is 9.88 Å². The van der Waals surface area contributed by atoms with Gasteiger partial charge in [-0.1, -0.05) is 0 Å². The maximum atomic E-state index is 11.1. The van der Waals surface area contributed by atoms with Crippen molar-refractivity contribution in [3.05, 3.63) is 11.8 Å². The molecule has 17 heavy (non-hydrogen) atoms. The van der Waals surface area contributed by atoms with Crippen LogP contribution in [0.15, 0.2) is 11.1 Å². The van der Waals surface area contributed by atoms with Crippen LogP contribution in [0.4, 0.5) is 0 Å². The Kier molecular flexibility index (Phi) is 3.48. The summed E-state index contributed by atoms with van der Waals surface area (Å²) >= 11 is 0. The number of hydrogen-bond donors (Lipinski definition) is 2. The molecule has 1 aliphatic heterocycles. The maximum absolute atomic E-state index is 11.1. The molecule has 8 heteroatoms. The Balaban J connectivity index is 2.13. The second kappa shape index (κ2) is 4.73. The third kappa shape index (κ3) is 3.03. The Hall–Kier alpha value is -0.960. The molecule has 1 unspecified atom stereocenters. The van der Waals surface area contributed by atoms with Crippen molar-refractivity contribution in [3.63, 3.8) is 0 Å². The molecule has 0 saturated carbocycles. The first kappa shape index (κ1) is 12.5. The average Bonchev–Trinajstić information content (AvgIpc) is 2.62. The highest BCUT2D eigenvalue weighted by molar-refractivity contribution is 7.89. The zero-order valence-electron chi connectivity index (χ0n) is 9.59. The molecule has 2 rings (SSSR count). The van der Waals surface area contributed by atoms with Gasteiger partial charge >= 0.3 is 0 Å². The van der Waals surface area contributed by atoms with Crippen LogP contribution in [0.3, 0.4) is 0 Å². The Labute approximate surface area is 100.0 Å². The summed E-state index contributed by atoms with van der Waals surface area (Å²) in [5, 5.41) is 12.0. The van der Waals surface area contributed by atoms with E-state index in [1.807, 2.05) is 0 Å². The second-order valence-corrected chi connectivity index (χ2v) is 5.55. The Morgan fingerprint density at radius 1 is 1.71 bits per heavy atom. The van der Waals surface area contributed by atoms with Crippen LogP contribution in [0.1, 0.15) is 5.69 Å². The summed E-state index contributed by atoms with van der Waals surface area (Å²) < 4.78 is 29.4. The highest BCUT2D eigenvalue weighted by Gasteiger charge is 2.19. The van der Waals surface area contributed by atoms with Crippen molar-refractivity contribution in [2.75, 3.05) is 19.7 Å². The lowest BCUT2D eigenvalue weighted by atomic mass is 10.2. The van der Waals surface area contributed by atoms with Gasteiger partial charge < -0.3 is 10.1 Å². The van der Waals surface area contributed by atoms with Gasteiger partial charge in [0.2, 0.25) is 0 Å². The van der Waals surface area contributed by atoms with Gasteiger partial charge in [0.05, 0.1) is 12.7 Å². The highest BCUT2D eigenvalue weighted by Crippen LogP contribution is 2.11. The quantitative estimate of drug-likeness (QED) is 0.696. The predicted octanol–water partition coefficient (Wildman–Crippen LogP) is -1.40. The fraction of sp³-hybridized carbons (Fsp3) is 0.667. The second-order valence-electron chi connectivity index (χ2n) is 4.04. The smallest absolute Gasteiger partial charge is 0.257 e. The topological polar surface area (TPSA) is 99.2 Å². The number of nitrogens with zero attached hydrogens (tertiary/aromatic N) is 2. The van der Waals surface area contributed by atoms with Crippen molar-refractivity contribution in [1.29, 1.82) is 0 Å². The zero-order valence-corrected chi connectivity index (χ0v) is 10.4. The summed E-state index contributed by atoms with van der Waals surface area (Å²) in [5.41, 5.74) is 0.794. The van der Waals surface area contributed by atoms with Gasteiger partial charge in [-0.2, -0.15) is 5.10 Å². The molecule has 1 atom stereocenters. The van der Waals surface area contributed by atoms with E-state index in [1.165, 1.54) is 10.7 Å². The molecule has 1 saturated heterocycles. The molecular weight excluding hydrogens is 244 g/mol. The summed E-state index contributed by atoms with van der Waals surface area (Å²) in [4.78, 5) is 0. The first-order chi connectivity index (χ1) is 7.97. The van der Waals surface area contributed by atoms with E-state index in [0.717, 1.165) is 18.8 Å². The molecule has 0 radical (unpaired) electrons. The van der Waals surface area contributed by atoms with E-state index < -0.39 is 10.0 Å². The molecule has 1 aliphatic rings. The van der Waals surface area contributed by atoms with Crippen LogP contribution in [-0.2, 0) is 28.2 Å². The standard InChI is InChI=1S/C9H16N4O3S/c1-13-7(4-8-6-11-2-3-16-8)5-9(12-13)17(10,14)15/h5,8,11H,2-4,6H2,1H3,(H2,10,14,15). The first-order valence-corrected chi connectivity index (χ1v) is 6.89. The molecule has 1 aromatic heterocycles. The van der Waals surface area contributed by atoms with Gasteiger partial charge in [0.1, 0.15) is 0 Å². The fourth-order valence-corrected chi connectivity index (χ4v) is 2.33. The van der Waals surface area contributed by atoms with E-state index >= 15 is 0 Å². The SMILES string of the molecule is Cn1nc(S(N)(=O)=O)cc1CC1CNCCO1. The molecule has 2 heterocycles. The molecule has 7 nitrogen and oxygen atoms in total. The third-order valence-corrected chi connectivity index (χ3v) is 3.47. The minimum atomic E-state index is -3.73. The monoisotopic (exact) mass is 260 g/mol. The third-order valence-electron chi connectivity index (χ3n) is 2.69. The normalized spacial score (nSPS) is 21.6. The predicted molar refractivity (Wildman–Crippen MR) is 60.9 cm³/mol. The van der Waals surface area contributed by atoms with Crippen molar-refractivity contribution >= 4 is 10.0 Å². The van der Waals surface area contributed by atoms with Crippen LogP contribution >= 0.6 is 0 Å². The van der Waals surface area contributed by atoms with Crippen LogP contribution in [-0.4, -0.2) is 44.0 Å². The number of morpholine rings is 1. The summed E-state index contributed by atoms with van der Waals surface area (Å²) in [6.45, 7) is 2.28. The summed E-state index contributed by atoms with van der Waals surface area (Å²) in [6, 6.07) is 1.49. The number of rotatable bonds is 3. The maximum Gasteiger partial charge on any atom is 0.257 e. The summed E-state index contributed by atoms with van der Waals surface area (Å²) in [7, 11) is -2.04. The molecular formula is C9H16N4O3S. The van der Waals surface area contributed by atoms with Crippen LogP contribution in [0.2, 0.25) is 0 Å². The number of aryl methyl sites for hydroxylation is 1. The van der Waals surface area contributed by atoms with Crippen LogP contribution < -0.4 is 10.5 Å². The van der Waals surface area contributed by atoms with Crippen molar-refractivity contribution in [2.24, 2.45) is 12.2 Å². The average molecular weight is 260 g/mol. The number of hydrogen-bond acceptors (Lipinski definition) is 5. The molecule has 0 spiro atoms. The molecule has 0 amide bonds. The lowest BCUT2D eigenvalue weighted by molar-refractivity contribution is 0.0281. The molecule has 96 valence electrons. The van der Waals surface area contributed by atoms with Crippen LogP contribution in [0, 0.1) is 0 Å². The number of aromatic nitrogens is 2. The van der Waals surface area contributed by atoms with Gasteiger partial charge in [-0.05, 0) is 6.07 Å². The molecule has 3 N–H and O–H groups in total. The van der Waals surface area contributed by atoms with E-state index in [2.05, 4.69) is 10.4 Å². The van der Waals surface area contributed by atoms with Crippen molar-refractivity contribution < 1.29 is 13.2 Å². The van der Waals surface area contributed by atoms with Gasteiger partial charge in [-0.3, -0.25) is 4.68 Å². The van der Waals surface area contributed by atoms with E-state index in [-0.39, 0.29) is 11.1 Å². The van der Waals surface area contributed by atoms with E-state index in [0.29, 0.717) is 13.0 Å². The van der Waals surface area contributed by atoms with Crippen molar-refractivity contribution in [1.82, 2.24) is 15.1 Å². The highest BCUT2D eigenvalue weighted by atomic mass is 32.2. The first-order valence-electron chi connectivity index (χ1n) is 5.35. The summed E-state index contributed by atoms with van der Waals surface area (Å²) in [5.74, 6) is 0. The molecule has 0 bridgehead atoms. The van der Waals surface area contributed by atoms with Crippen molar-refractivity contribution in [2.45, 2.75) is 17.6 Å². The van der Waals surface area contributed by atoms with Gasteiger partial charge in [-0.25, -0.2) is 13.6 Å². The minimum Gasteiger partial charge on any atom is -0.375 e. The lowest BCUT2D eigenvalue weighted by Gasteiger charge is -2.23. The largest absolute Gasteiger partial charge is 0.375 e. The van der Waals surface area contributed by atoms with Gasteiger partial charge in [0, 0.05) is 32.3 Å². The van der Waals surface area contributed by atoms with Gasteiger partial charge in [0.15, 0.2) is 5.03 Å². The number of nitrogens with two attached hydrogens (primary N) is 1. The van der Waals surface area contributed by atoms with E-state index in [9.17, 15) is 8.42 Å². The molecule has 1 aromatic rings. The van der Waals surface area contributed by atoms with Crippen LogP contribution in [0.25, 0.3) is 0 Å². The van der Waals surface area contributed by atoms with Gasteiger partial charge in [-0.15, -0.1) is 0 Å². The Bertz CT molecular complexity index is 490. The number of primary sulfonamides is 1. The lowest BCUT2D eigenvalue weighted by Crippen LogP contribution is -2.39. The zero-order chi connectivity index (χ0) is 12.5. The Morgan fingerprint density at radius 3 is 3.00 bits per heavy atom. The van der Waals surface area contributed by atoms with Crippen molar-refractivity contribution in [3.8, 4) is 0 Å². The molecule has 1 fully saturated rings. The minimum absolute atomic E-state index is 0.0486. The Morgan fingerprint density at radius 2 is 2.47 bits per heavy atom. The van der Waals surface area contributed by atoms with Crippen LogP contribution in [0.5, 0.6) is 0 Å². The number of ether oxygens (including phenoxy) is 1. The molecule has 0 aromatic carbocycles.